The zero-order chi connectivity index (χ0) is 22.6. The van der Waals surface area contributed by atoms with Crippen molar-refractivity contribution in [2.24, 2.45) is 0 Å². The third-order valence-electron chi connectivity index (χ3n) is 4.36. The van der Waals surface area contributed by atoms with Crippen LogP contribution in [0, 0.1) is 5.82 Å². The first-order valence-electron chi connectivity index (χ1n) is 9.56. The number of ether oxygens (including phenoxy) is 2. The zero-order valence-electron chi connectivity index (χ0n) is 16.9. The highest BCUT2D eigenvalue weighted by Crippen LogP contribution is 2.44. The van der Waals surface area contributed by atoms with Crippen molar-refractivity contribution in [1.82, 2.24) is 4.98 Å². The van der Waals surface area contributed by atoms with Crippen LogP contribution in [0.2, 0.25) is 5.02 Å². The molecule has 0 atom stereocenters. The molecule has 0 radical (unpaired) electrons. The summed E-state index contributed by atoms with van der Waals surface area (Å²) in [7, 11) is 0. The lowest BCUT2D eigenvalue weighted by atomic mass is 10.00. The van der Waals surface area contributed by atoms with E-state index in [1.54, 1.807) is 30.5 Å². The average molecular weight is 449 g/mol. The lowest BCUT2D eigenvalue weighted by Crippen LogP contribution is -2.25. The van der Waals surface area contributed by atoms with Crippen molar-refractivity contribution in [1.29, 1.82) is 0 Å². The first-order valence-corrected chi connectivity index (χ1v) is 9.93. The van der Waals surface area contributed by atoms with Crippen LogP contribution >= 0.6 is 11.6 Å². The molecule has 0 amide bonds. The molecule has 0 unspecified atom stereocenters. The minimum absolute atomic E-state index is 0.0492. The van der Waals surface area contributed by atoms with Crippen LogP contribution < -0.4 is 14.8 Å². The zero-order valence-corrected chi connectivity index (χ0v) is 17.6. The van der Waals surface area contributed by atoms with Crippen molar-refractivity contribution < 1.29 is 22.6 Å². The largest absolute Gasteiger partial charge is 0.586 e. The number of halogens is 4. The van der Waals surface area contributed by atoms with Crippen LogP contribution in [-0.4, -0.2) is 11.3 Å². The molecule has 1 N–H and O–H groups in total. The van der Waals surface area contributed by atoms with Crippen LogP contribution in [0.3, 0.4) is 0 Å². The Kier molecular flexibility index (Phi) is 6.75. The molecule has 1 aliphatic heterocycles. The van der Waals surface area contributed by atoms with Gasteiger partial charge in [-0.05, 0) is 47.0 Å². The van der Waals surface area contributed by atoms with Crippen LogP contribution in [0.4, 0.5) is 19.0 Å². The summed E-state index contributed by atoms with van der Waals surface area (Å²) >= 11 is 5.94. The fourth-order valence-electron chi connectivity index (χ4n) is 2.96. The van der Waals surface area contributed by atoms with Crippen LogP contribution in [0.15, 0.2) is 55.2 Å². The molecule has 2 aromatic carbocycles. The van der Waals surface area contributed by atoms with Crippen LogP contribution in [0.1, 0.15) is 25.0 Å². The molecule has 0 aliphatic carbocycles. The smallest absolute Gasteiger partial charge is 0.395 e. The number of nitrogens with zero attached hydrogens (tertiary/aromatic N) is 1. The van der Waals surface area contributed by atoms with Gasteiger partial charge in [-0.25, -0.2) is 9.37 Å². The number of hydrogen-bond acceptors (Lipinski definition) is 4. The number of pyridine rings is 1. The minimum Gasteiger partial charge on any atom is -0.395 e. The molecule has 1 aliphatic rings. The third kappa shape index (κ3) is 4.94. The van der Waals surface area contributed by atoms with Gasteiger partial charge < -0.3 is 14.8 Å². The van der Waals surface area contributed by atoms with Gasteiger partial charge in [-0.1, -0.05) is 50.2 Å². The van der Waals surface area contributed by atoms with E-state index in [1.165, 1.54) is 24.3 Å². The highest BCUT2D eigenvalue weighted by molar-refractivity contribution is 6.31. The minimum atomic E-state index is -3.69. The maximum Gasteiger partial charge on any atom is 0.586 e. The van der Waals surface area contributed by atoms with Crippen LogP contribution in [0.5, 0.6) is 11.5 Å². The second-order valence-electron chi connectivity index (χ2n) is 6.26. The van der Waals surface area contributed by atoms with Gasteiger partial charge in [0.05, 0.1) is 5.02 Å². The fraction of sp³-hybridized carbons (Fsp3) is 0.174. The lowest BCUT2D eigenvalue weighted by molar-refractivity contribution is -0.286. The van der Waals surface area contributed by atoms with E-state index >= 15 is 0 Å². The van der Waals surface area contributed by atoms with E-state index in [0.717, 1.165) is 0 Å². The number of anilines is 1. The Bertz CT molecular complexity index is 1090. The number of benzene rings is 2. The van der Waals surface area contributed by atoms with Gasteiger partial charge >= 0.3 is 6.29 Å². The molecule has 4 rings (SSSR count). The van der Waals surface area contributed by atoms with Crippen molar-refractivity contribution in [3.63, 3.8) is 0 Å². The Morgan fingerprint density at radius 1 is 1.13 bits per heavy atom. The van der Waals surface area contributed by atoms with Crippen LogP contribution in [0.25, 0.3) is 17.2 Å². The van der Waals surface area contributed by atoms with E-state index in [2.05, 4.69) is 26.4 Å². The maximum absolute atomic E-state index is 13.5. The molecule has 0 fully saturated rings. The molecule has 0 bridgehead atoms. The van der Waals surface area contributed by atoms with Crippen molar-refractivity contribution in [2.45, 2.75) is 26.7 Å². The summed E-state index contributed by atoms with van der Waals surface area (Å²) in [5.41, 5.74) is 2.49. The average Bonchev–Trinajstić information content (AvgIpc) is 3.08. The van der Waals surface area contributed by atoms with Gasteiger partial charge in [0.25, 0.3) is 0 Å². The van der Waals surface area contributed by atoms with Gasteiger partial charge in [0.15, 0.2) is 11.5 Å². The monoisotopic (exact) mass is 448 g/mol. The van der Waals surface area contributed by atoms with E-state index < -0.39 is 12.1 Å². The summed E-state index contributed by atoms with van der Waals surface area (Å²) in [6, 6.07) is 11.0. The second-order valence-corrected chi connectivity index (χ2v) is 6.63. The van der Waals surface area contributed by atoms with Crippen molar-refractivity contribution in [3.05, 3.63) is 77.2 Å². The van der Waals surface area contributed by atoms with Gasteiger partial charge in [0, 0.05) is 18.3 Å². The summed E-state index contributed by atoms with van der Waals surface area (Å²) in [6.45, 7) is 8.01. The van der Waals surface area contributed by atoms with E-state index in [9.17, 15) is 13.2 Å². The summed E-state index contributed by atoms with van der Waals surface area (Å²) in [4.78, 5) is 4.32. The SMILES string of the molecule is C=Cc1cc2c(cc1-c1ccc(NCc3cccc(F)c3Cl)nc1)OC(F)(F)O2.CC. The third-order valence-corrected chi connectivity index (χ3v) is 4.78. The number of hydrogen-bond donors (Lipinski definition) is 1. The predicted molar refractivity (Wildman–Crippen MR) is 116 cm³/mol. The Labute approximate surface area is 183 Å². The van der Waals surface area contributed by atoms with Gasteiger partial charge in [-0.3, -0.25) is 0 Å². The molecule has 162 valence electrons. The molecule has 3 aromatic rings. The molecule has 31 heavy (non-hydrogen) atoms. The molecular formula is C23H20ClF3N2O2. The predicted octanol–water partition coefficient (Wildman–Crippen LogP) is 7.14. The van der Waals surface area contributed by atoms with Gasteiger partial charge in [0.2, 0.25) is 0 Å². The number of fused-ring (bicyclic) bond motifs is 1. The Morgan fingerprint density at radius 3 is 2.48 bits per heavy atom. The Hall–Kier alpha value is -3.19. The van der Waals surface area contributed by atoms with Crippen LogP contribution in [-0.2, 0) is 6.54 Å². The first kappa shape index (κ1) is 22.5. The second kappa shape index (κ2) is 9.31. The normalized spacial score (nSPS) is 13.2. The van der Waals surface area contributed by atoms with Gasteiger partial charge in [0.1, 0.15) is 11.6 Å². The number of rotatable bonds is 5. The van der Waals surface area contributed by atoms with E-state index in [1.807, 2.05) is 13.8 Å². The number of nitrogens with one attached hydrogen (secondary N) is 1. The summed E-state index contributed by atoms with van der Waals surface area (Å²) < 4.78 is 49.1. The van der Waals surface area contributed by atoms with Crippen molar-refractivity contribution in [3.8, 4) is 22.6 Å². The summed E-state index contributed by atoms with van der Waals surface area (Å²) in [5.74, 6) is -0.0495. The Balaban J connectivity index is 0.00000132. The molecule has 1 aromatic heterocycles. The molecule has 0 spiro atoms. The highest BCUT2D eigenvalue weighted by Gasteiger charge is 2.43. The van der Waals surface area contributed by atoms with Gasteiger partial charge in [-0.15, -0.1) is 8.78 Å². The summed E-state index contributed by atoms with van der Waals surface area (Å²) in [5, 5.41) is 3.12. The fourth-order valence-corrected chi connectivity index (χ4v) is 3.15. The maximum atomic E-state index is 13.5. The van der Waals surface area contributed by atoms with Crippen molar-refractivity contribution in [2.75, 3.05) is 5.32 Å². The Morgan fingerprint density at radius 2 is 1.84 bits per heavy atom. The van der Waals surface area contributed by atoms with E-state index in [-0.39, 0.29) is 16.5 Å². The van der Waals surface area contributed by atoms with Gasteiger partial charge in [-0.2, -0.15) is 0 Å². The standard InChI is InChI=1S/C21H14ClF3N2O2.C2H6/c1-2-12-8-17-18(29-21(24,25)28-17)9-15(12)13-6-7-19(26-10-13)27-11-14-4-3-5-16(23)20(14)22;1-2/h2-10H,1,11H2,(H,26,27);1-2H3. The molecule has 2 heterocycles. The lowest BCUT2D eigenvalue weighted by Gasteiger charge is -2.10. The first-order chi connectivity index (χ1) is 14.9. The van der Waals surface area contributed by atoms with E-state index in [0.29, 0.717) is 34.6 Å². The summed E-state index contributed by atoms with van der Waals surface area (Å²) in [6.07, 6.45) is -0.574. The number of alkyl halides is 2. The highest BCUT2D eigenvalue weighted by atomic mass is 35.5. The topological polar surface area (TPSA) is 43.4 Å². The van der Waals surface area contributed by atoms with Crippen molar-refractivity contribution >= 4 is 23.5 Å². The molecule has 4 nitrogen and oxygen atoms in total. The number of aromatic nitrogens is 1. The molecular weight excluding hydrogens is 429 g/mol. The molecule has 0 saturated carbocycles. The molecule has 8 heteroatoms. The molecule has 0 saturated heterocycles. The quantitative estimate of drug-likeness (QED) is 0.450. The van der Waals surface area contributed by atoms with E-state index in [4.69, 9.17) is 11.6 Å².